The van der Waals surface area contributed by atoms with E-state index in [2.05, 4.69) is 0 Å². The predicted octanol–water partition coefficient (Wildman–Crippen LogP) is 4.74. The van der Waals surface area contributed by atoms with E-state index in [1.54, 1.807) is 23.5 Å². The van der Waals surface area contributed by atoms with Crippen molar-refractivity contribution >= 4 is 5.91 Å². The van der Waals surface area contributed by atoms with E-state index < -0.39 is 42.5 Å². The zero-order valence-corrected chi connectivity index (χ0v) is 18.1. The molecule has 0 spiro atoms. The van der Waals surface area contributed by atoms with Gasteiger partial charge in [-0.25, -0.2) is 0 Å². The Hall–Kier alpha value is -1.81. The molecule has 4 aliphatic rings. The van der Waals surface area contributed by atoms with Gasteiger partial charge in [-0.1, -0.05) is 30.3 Å². The molecule has 184 valence electrons. The maximum absolute atomic E-state index is 13.8. The molecule has 4 aliphatic carbocycles. The zero-order valence-electron chi connectivity index (χ0n) is 18.1. The third kappa shape index (κ3) is 5.01. The fourth-order valence-corrected chi connectivity index (χ4v) is 6.30. The van der Waals surface area contributed by atoms with Crippen LogP contribution in [0.2, 0.25) is 0 Å². The van der Waals surface area contributed by atoms with E-state index in [0.29, 0.717) is 23.3 Å². The van der Waals surface area contributed by atoms with Gasteiger partial charge in [0.05, 0.1) is 18.6 Å². The molecule has 2 N–H and O–H groups in total. The van der Waals surface area contributed by atoms with Crippen LogP contribution in [0.25, 0.3) is 0 Å². The molecule has 4 nitrogen and oxygen atoms in total. The van der Waals surface area contributed by atoms with Gasteiger partial charge in [0.2, 0.25) is 5.91 Å². The molecule has 33 heavy (non-hydrogen) atoms. The van der Waals surface area contributed by atoms with Crippen LogP contribution in [0.5, 0.6) is 0 Å². The largest absolute Gasteiger partial charge is 0.434 e. The predicted molar refractivity (Wildman–Crippen MR) is 108 cm³/mol. The van der Waals surface area contributed by atoms with Crippen molar-refractivity contribution in [1.82, 2.24) is 10.6 Å². The highest BCUT2D eigenvalue weighted by atomic mass is 19.4. The maximum atomic E-state index is 13.8. The number of hydrogen-bond donors (Lipinski definition) is 2. The second-order valence-corrected chi connectivity index (χ2v) is 9.83. The highest BCUT2D eigenvalue weighted by Crippen LogP contribution is 2.57. The average Bonchev–Trinajstić information content (AvgIpc) is 2.68. The second-order valence-electron chi connectivity index (χ2n) is 9.83. The molecule has 0 radical (unpaired) electrons. The monoisotopic (exact) mass is 478 g/mol. The molecule has 0 unspecified atom stereocenters. The van der Waals surface area contributed by atoms with Gasteiger partial charge < -0.3 is 10.1 Å². The first-order chi connectivity index (χ1) is 15.4. The number of rotatable bonds is 8. The fraction of sp³-hybridized carbons (Fsp3) is 0.696. The third-order valence-electron chi connectivity index (χ3n) is 7.27. The molecular formula is C23H28F6N2O2. The number of carbonyl (C=O) groups is 1. The Morgan fingerprint density at radius 1 is 0.909 bits per heavy atom. The van der Waals surface area contributed by atoms with Crippen molar-refractivity contribution in [3.05, 3.63) is 35.9 Å². The minimum atomic E-state index is -5.81. The van der Waals surface area contributed by atoms with Crippen LogP contribution in [0.4, 0.5) is 26.3 Å². The normalized spacial score (nSPS) is 29.3. The summed E-state index contributed by atoms with van der Waals surface area (Å²) in [7, 11) is 0. The van der Waals surface area contributed by atoms with Crippen LogP contribution in [-0.2, 0) is 16.0 Å². The van der Waals surface area contributed by atoms with Gasteiger partial charge in [-0.2, -0.15) is 26.3 Å². The lowest BCUT2D eigenvalue weighted by Gasteiger charge is -2.56. The average molecular weight is 478 g/mol. The Morgan fingerprint density at radius 2 is 1.42 bits per heavy atom. The summed E-state index contributed by atoms with van der Waals surface area (Å²) in [6, 6.07) is 7.62. The minimum absolute atomic E-state index is 0.297. The smallest absolute Gasteiger partial charge is 0.374 e. The summed E-state index contributed by atoms with van der Waals surface area (Å²) in [4.78, 5) is 12.2. The number of nitrogens with one attached hydrogen (secondary N) is 2. The van der Waals surface area contributed by atoms with Gasteiger partial charge in [-0.15, -0.1) is 0 Å². The van der Waals surface area contributed by atoms with Gasteiger partial charge in [0.1, 0.15) is 0 Å². The topological polar surface area (TPSA) is 50.4 Å². The summed E-state index contributed by atoms with van der Waals surface area (Å²) in [5.74, 6) is 0.216. The van der Waals surface area contributed by atoms with Gasteiger partial charge in [0.25, 0.3) is 5.66 Å². The third-order valence-corrected chi connectivity index (χ3v) is 7.27. The van der Waals surface area contributed by atoms with Crippen molar-refractivity contribution in [3.63, 3.8) is 0 Å². The highest BCUT2D eigenvalue weighted by molar-refractivity contribution is 5.79. The van der Waals surface area contributed by atoms with E-state index in [1.807, 2.05) is 0 Å². The second kappa shape index (κ2) is 8.76. The van der Waals surface area contributed by atoms with Crippen molar-refractivity contribution < 1.29 is 35.9 Å². The van der Waals surface area contributed by atoms with Gasteiger partial charge in [0.15, 0.2) is 0 Å². The molecule has 1 aromatic rings. The molecule has 0 atom stereocenters. The Kier molecular flexibility index (Phi) is 6.46. The van der Waals surface area contributed by atoms with E-state index in [9.17, 15) is 31.1 Å². The fourth-order valence-electron chi connectivity index (χ4n) is 6.30. The first-order valence-electron chi connectivity index (χ1n) is 11.3. The first-order valence-corrected chi connectivity index (χ1v) is 11.3. The summed E-state index contributed by atoms with van der Waals surface area (Å²) in [5.41, 5.74) is -4.69. The first kappa shape index (κ1) is 24.3. The number of benzene rings is 1. The van der Waals surface area contributed by atoms with Crippen LogP contribution in [0.15, 0.2) is 30.3 Å². The Balaban J connectivity index is 1.42. The number of ether oxygens (including phenoxy) is 1. The van der Waals surface area contributed by atoms with Gasteiger partial charge in [-0.05, 0) is 61.8 Å². The van der Waals surface area contributed by atoms with Crippen molar-refractivity contribution in [2.75, 3.05) is 13.2 Å². The summed E-state index contributed by atoms with van der Waals surface area (Å²) < 4.78 is 88.6. The van der Waals surface area contributed by atoms with Crippen LogP contribution in [0.3, 0.4) is 0 Å². The van der Waals surface area contributed by atoms with Crippen LogP contribution in [0.1, 0.15) is 44.1 Å². The molecule has 10 heteroatoms. The van der Waals surface area contributed by atoms with Gasteiger partial charge in [0, 0.05) is 6.54 Å². The van der Waals surface area contributed by atoms with E-state index in [0.717, 1.165) is 38.5 Å². The van der Waals surface area contributed by atoms with E-state index in [1.165, 1.54) is 17.4 Å². The number of amides is 1. The molecule has 5 rings (SSSR count). The maximum Gasteiger partial charge on any atom is 0.434 e. The molecule has 0 aliphatic heterocycles. The molecular weight excluding hydrogens is 450 g/mol. The highest BCUT2D eigenvalue weighted by Gasteiger charge is 2.72. The lowest BCUT2D eigenvalue weighted by atomic mass is 9.54. The molecule has 1 aromatic carbocycles. The summed E-state index contributed by atoms with van der Waals surface area (Å²) >= 11 is 0. The number of halogens is 6. The summed E-state index contributed by atoms with van der Waals surface area (Å²) in [6.07, 6.45) is -6.36. The molecule has 0 aromatic heterocycles. The lowest BCUT2D eigenvalue weighted by Crippen LogP contribution is -2.75. The van der Waals surface area contributed by atoms with E-state index in [-0.39, 0.29) is 6.61 Å². The van der Waals surface area contributed by atoms with Crippen LogP contribution < -0.4 is 10.6 Å². The summed E-state index contributed by atoms with van der Waals surface area (Å²) in [5, 5.41) is 2.75. The standard InChI is InChI=1S/C23H28F6N2O2/c24-22(25,26)21(23(27,28)29,31-19(32)11-15-4-2-1-3-5-15)30-6-7-33-20-12-16-8-17(13-20)10-18(9-16)14-20/h1-5,16-18,30H,6-14H2,(H,31,32). The van der Waals surface area contributed by atoms with E-state index >= 15 is 0 Å². The minimum Gasteiger partial charge on any atom is -0.374 e. The van der Waals surface area contributed by atoms with Crippen LogP contribution in [-0.4, -0.2) is 42.7 Å². The van der Waals surface area contributed by atoms with Crippen molar-refractivity contribution in [2.24, 2.45) is 17.8 Å². The summed E-state index contributed by atoms with van der Waals surface area (Å²) in [6.45, 7) is -0.999. The van der Waals surface area contributed by atoms with Crippen molar-refractivity contribution in [3.8, 4) is 0 Å². The van der Waals surface area contributed by atoms with Crippen molar-refractivity contribution in [1.29, 1.82) is 0 Å². The molecule has 4 fully saturated rings. The number of carbonyl (C=O) groups excluding carboxylic acids is 1. The van der Waals surface area contributed by atoms with Gasteiger partial charge in [-0.3, -0.25) is 10.1 Å². The van der Waals surface area contributed by atoms with Crippen molar-refractivity contribution in [2.45, 2.75) is 68.6 Å². The van der Waals surface area contributed by atoms with Gasteiger partial charge >= 0.3 is 12.4 Å². The lowest BCUT2D eigenvalue weighted by molar-refractivity contribution is -0.316. The molecule has 4 bridgehead atoms. The SMILES string of the molecule is O=C(Cc1ccccc1)NC(NCCOC12CC3CC(CC(C3)C1)C2)(C(F)(F)F)C(F)(F)F. The van der Waals surface area contributed by atoms with Crippen LogP contribution in [0, 0.1) is 17.8 Å². The quantitative estimate of drug-likeness (QED) is 0.322. The molecule has 0 saturated heterocycles. The number of alkyl halides is 6. The molecule has 4 saturated carbocycles. The Bertz CT molecular complexity index is 790. The van der Waals surface area contributed by atoms with E-state index in [4.69, 9.17) is 4.74 Å². The molecule has 1 amide bonds. The molecule has 0 heterocycles. The Morgan fingerprint density at radius 3 is 1.91 bits per heavy atom. The number of hydrogen-bond acceptors (Lipinski definition) is 3. The van der Waals surface area contributed by atoms with Crippen LogP contribution >= 0.6 is 0 Å². The zero-order chi connectivity index (χ0) is 23.9. The Labute approximate surface area is 188 Å².